The fourth-order valence-corrected chi connectivity index (χ4v) is 3.61. The summed E-state index contributed by atoms with van der Waals surface area (Å²) in [5, 5.41) is 29.8. The van der Waals surface area contributed by atoms with Crippen LogP contribution in [0.25, 0.3) is 0 Å². The first-order chi connectivity index (χ1) is 13.5. The molecule has 0 bridgehead atoms. The summed E-state index contributed by atoms with van der Waals surface area (Å²) in [5.41, 5.74) is 2.79. The van der Waals surface area contributed by atoms with Gasteiger partial charge in [0.2, 0.25) is 0 Å². The van der Waals surface area contributed by atoms with E-state index < -0.39 is 10.1 Å². The Hall–Kier alpha value is -2.26. The highest BCUT2D eigenvalue weighted by atomic mass is 35.5. The van der Waals surface area contributed by atoms with Gasteiger partial charge < -0.3 is 15.3 Å². The molecule has 158 valence electrons. The first-order valence-corrected chi connectivity index (χ1v) is 11.0. The topological polar surface area (TPSA) is 118 Å². The van der Waals surface area contributed by atoms with E-state index in [1.807, 2.05) is 18.2 Å². The lowest BCUT2D eigenvalue weighted by atomic mass is 9.87. The van der Waals surface area contributed by atoms with Gasteiger partial charge in [-0.2, -0.15) is 8.42 Å². The lowest BCUT2D eigenvalue weighted by molar-refractivity contribution is 0.306. The van der Waals surface area contributed by atoms with E-state index in [0.717, 1.165) is 36.3 Å². The number of nitrogens with zero attached hydrogens (tertiary/aromatic N) is 1. The van der Waals surface area contributed by atoms with Gasteiger partial charge in [0.15, 0.2) is 11.5 Å². The molecule has 9 heteroatoms. The molecule has 0 spiro atoms. The fraction of sp³-hybridized carbons (Fsp3) is 0.300. The molecule has 0 radical (unpaired) electrons. The molecule has 0 fully saturated rings. The number of hydrogen-bond acceptors (Lipinski definition) is 6. The Labute approximate surface area is 175 Å². The van der Waals surface area contributed by atoms with Gasteiger partial charge in [0.25, 0.3) is 10.1 Å². The summed E-state index contributed by atoms with van der Waals surface area (Å²) in [4.78, 5) is 2.26. The van der Waals surface area contributed by atoms with E-state index in [-0.39, 0.29) is 28.2 Å². The molecule has 1 aliphatic heterocycles. The van der Waals surface area contributed by atoms with Crippen LogP contribution in [0.15, 0.2) is 43.0 Å². The monoisotopic (exact) mass is 441 g/mol. The van der Waals surface area contributed by atoms with Gasteiger partial charge in [0.1, 0.15) is 5.75 Å². The highest BCUT2D eigenvalue weighted by Crippen LogP contribution is 2.43. The Morgan fingerprint density at radius 3 is 2.38 bits per heavy atom. The molecule has 0 aliphatic carbocycles. The third-order valence-electron chi connectivity index (χ3n) is 4.53. The molecule has 7 nitrogen and oxygen atoms in total. The van der Waals surface area contributed by atoms with Crippen molar-refractivity contribution in [3.05, 3.63) is 64.7 Å². The van der Waals surface area contributed by atoms with Crippen LogP contribution in [0.1, 0.15) is 22.6 Å². The van der Waals surface area contributed by atoms with Gasteiger partial charge in [0.05, 0.1) is 11.3 Å². The minimum atomic E-state index is -3.67. The van der Waals surface area contributed by atoms with E-state index in [0.29, 0.717) is 12.7 Å². The second-order valence-corrected chi connectivity index (χ2v) is 8.65. The highest BCUT2D eigenvalue weighted by Gasteiger charge is 2.28. The van der Waals surface area contributed by atoms with Crippen LogP contribution in [-0.2, 0) is 16.5 Å². The van der Waals surface area contributed by atoms with Crippen molar-refractivity contribution in [3.8, 4) is 17.2 Å². The molecule has 2 aromatic rings. The molecule has 4 N–H and O–H groups in total. The molecule has 0 amide bonds. The predicted octanol–water partition coefficient (Wildman–Crippen LogP) is 3.14. The number of rotatable bonds is 3. The van der Waals surface area contributed by atoms with Crippen molar-refractivity contribution in [2.24, 2.45) is 0 Å². The molecule has 2 aromatic carbocycles. The maximum absolute atomic E-state index is 10.0. The van der Waals surface area contributed by atoms with Crippen molar-refractivity contribution in [1.29, 1.82) is 0 Å². The Balaban J connectivity index is 0.000000537. The van der Waals surface area contributed by atoms with Crippen molar-refractivity contribution < 1.29 is 28.3 Å². The number of aromatic hydroxyl groups is 3. The average molecular weight is 442 g/mol. The quantitative estimate of drug-likeness (QED) is 0.328. The number of phenolic OH excluding ortho intramolecular Hbond substituents is 3. The van der Waals surface area contributed by atoms with Gasteiger partial charge >= 0.3 is 0 Å². The standard InChI is InChI=1S/C19H20ClNO3.CH4O3S/c1-2-8-21-9-7-14-15(10-17(23)19(24)18(14)20)16(11-21)12-3-5-13(22)6-4-12;1-5(2,3)4/h2-6,10,16,22-24H,1,7-9,11H2;1H3,(H,2,3,4)/t16-;/m1./s1. The first kappa shape index (κ1) is 23.0. The number of benzene rings is 2. The van der Waals surface area contributed by atoms with Crippen LogP contribution < -0.4 is 0 Å². The van der Waals surface area contributed by atoms with E-state index >= 15 is 0 Å². The summed E-state index contributed by atoms with van der Waals surface area (Å²) in [6.45, 7) is 6.09. The van der Waals surface area contributed by atoms with Crippen molar-refractivity contribution in [1.82, 2.24) is 4.90 Å². The number of halogens is 1. The van der Waals surface area contributed by atoms with E-state index in [2.05, 4.69) is 11.5 Å². The Morgan fingerprint density at radius 2 is 1.83 bits per heavy atom. The Morgan fingerprint density at radius 1 is 1.24 bits per heavy atom. The number of hydrogen-bond donors (Lipinski definition) is 4. The van der Waals surface area contributed by atoms with Crippen molar-refractivity contribution >= 4 is 21.7 Å². The van der Waals surface area contributed by atoms with Crippen molar-refractivity contribution in [3.63, 3.8) is 0 Å². The van der Waals surface area contributed by atoms with Gasteiger partial charge in [-0.05, 0) is 41.3 Å². The average Bonchev–Trinajstić information content (AvgIpc) is 2.79. The normalized spacial score (nSPS) is 16.9. The van der Waals surface area contributed by atoms with E-state index in [4.69, 9.17) is 16.2 Å². The second-order valence-electron chi connectivity index (χ2n) is 6.80. The molecular weight excluding hydrogens is 418 g/mol. The smallest absolute Gasteiger partial charge is 0.261 e. The molecule has 0 aromatic heterocycles. The van der Waals surface area contributed by atoms with E-state index in [1.165, 1.54) is 0 Å². The third-order valence-corrected chi connectivity index (χ3v) is 4.94. The summed E-state index contributed by atoms with van der Waals surface area (Å²) in [6.07, 6.45) is 3.26. The van der Waals surface area contributed by atoms with Gasteiger partial charge in [-0.1, -0.05) is 29.8 Å². The van der Waals surface area contributed by atoms with E-state index in [1.54, 1.807) is 18.2 Å². The Bertz CT molecular complexity index is 967. The number of fused-ring (bicyclic) bond motifs is 1. The van der Waals surface area contributed by atoms with Crippen LogP contribution in [0.2, 0.25) is 5.02 Å². The molecule has 0 unspecified atom stereocenters. The number of phenols is 3. The van der Waals surface area contributed by atoms with Crippen molar-refractivity contribution in [2.75, 3.05) is 25.9 Å². The summed E-state index contributed by atoms with van der Waals surface area (Å²) in [6, 6.07) is 8.66. The maximum Gasteiger partial charge on any atom is 0.261 e. The van der Waals surface area contributed by atoms with Crippen LogP contribution in [0.4, 0.5) is 0 Å². The summed E-state index contributed by atoms with van der Waals surface area (Å²) < 4.78 is 25.9. The van der Waals surface area contributed by atoms with Crippen LogP contribution >= 0.6 is 11.6 Å². The molecule has 1 aliphatic rings. The fourth-order valence-electron chi connectivity index (χ4n) is 3.31. The zero-order valence-corrected chi connectivity index (χ0v) is 17.5. The molecule has 0 saturated heterocycles. The molecule has 1 atom stereocenters. The maximum atomic E-state index is 10.0. The van der Waals surface area contributed by atoms with Crippen molar-refractivity contribution in [2.45, 2.75) is 12.3 Å². The molecule has 29 heavy (non-hydrogen) atoms. The largest absolute Gasteiger partial charge is 0.508 e. The van der Waals surface area contributed by atoms with Gasteiger partial charge in [-0.15, -0.1) is 6.58 Å². The van der Waals surface area contributed by atoms with Crippen LogP contribution in [0.5, 0.6) is 17.2 Å². The zero-order valence-electron chi connectivity index (χ0n) is 15.9. The van der Waals surface area contributed by atoms with Crippen LogP contribution in [0, 0.1) is 0 Å². The summed E-state index contributed by atoms with van der Waals surface area (Å²) in [5.74, 6) is -0.286. The first-order valence-electron chi connectivity index (χ1n) is 8.79. The van der Waals surface area contributed by atoms with Gasteiger partial charge in [0, 0.05) is 25.6 Å². The van der Waals surface area contributed by atoms with Crippen LogP contribution in [0.3, 0.4) is 0 Å². The zero-order chi connectivity index (χ0) is 21.8. The molecule has 1 heterocycles. The summed E-state index contributed by atoms with van der Waals surface area (Å²) >= 11 is 6.30. The molecular formula is C20H24ClNO6S. The van der Waals surface area contributed by atoms with Gasteiger partial charge in [-0.3, -0.25) is 9.45 Å². The van der Waals surface area contributed by atoms with E-state index in [9.17, 15) is 23.7 Å². The van der Waals surface area contributed by atoms with Crippen LogP contribution in [-0.4, -0.2) is 59.1 Å². The Kier molecular flexibility index (Phi) is 7.54. The summed E-state index contributed by atoms with van der Waals surface area (Å²) in [7, 11) is -3.67. The second kappa shape index (κ2) is 9.49. The predicted molar refractivity (Wildman–Crippen MR) is 113 cm³/mol. The molecule has 3 rings (SSSR count). The lowest BCUT2D eigenvalue weighted by Crippen LogP contribution is -2.28. The minimum Gasteiger partial charge on any atom is -0.508 e. The minimum absolute atomic E-state index is 0.0213. The SMILES string of the molecule is C=CCN1CCc2c(cc(O)c(O)c2Cl)[C@@H](c2ccc(O)cc2)C1.CS(=O)(=O)O. The lowest BCUT2D eigenvalue weighted by Gasteiger charge is -2.24. The third kappa shape index (κ3) is 6.37. The molecule has 0 saturated carbocycles. The highest BCUT2D eigenvalue weighted by molar-refractivity contribution is 7.85. The van der Waals surface area contributed by atoms with Gasteiger partial charge in [-0.25, -0.2) is 0 Å².